The largest absolute Gasteiger partial charge is 0.494 e. The van der Waals surface area contributed by atoms with E-state index in [1.807, 2.05) is 38.2 Å². The molecule has 0 aliphatic carbocycles. The number of nitrogens with zero attached hydrogens (tertiary/aromatic N) is 7. The van der Waals surface area contributed by atoms with Gasteiger partial charge in [-0.15, -0.1) is 5.10 Å². The fourth-order valence-corrected chi connectivity index (χ4v) is 4.85. The Morgan fingerprint density at radius 1 is 1.06 bits per heavy atom. The van der Waals surface area contributed by atoms with Crippen LogP contribution in [0.25, 0.3) is 11.4 Å². The zero-order valence-corrected chi connectivity index (χ0v) is 20.5. The number of aryl methyl sites for hydroxylation is 1. The highest BCUT2D eigenvalue weighted by molar-refractivity contribution is 6.29. The first kappa shape index (κ1) is 22.4. The van der Waals surface area contributed by atoms with Gasteiger partial charge in [-0.2, -0.15) is 4.98 Å². The Morgan fingerprint density at radius 3 is 2.69 bits per heavy atom. The molecule has 36 heavy (non-hydrogen) atoms. The van der Waals surface area contributed by atoms with E-state index in [1.54, 1.807) is 32.2 Å². The number of hydrogen-bond donors (Lipinski definition) is 1. The predicted molar refractivity (Wildman–Crippen MR) is 138 cm³/mol. The van der Waals surface area contributed by atoms with Gasteiger partial charge in [0.05, 0.1) is 19.1 Å². The summed E-state index contributed by atoms with van der Waals surface area (Å²) in [4.78, 5) is 13.2. The van der Waals surface area contributed by atoms with Gasteiger partial charge < -0.3 is 19.2 Å². The fraction of sp³-hybridized carbons (Fsp3) is 0.231. The number of ether oxygens (including phenoxy) is 1. The first-order valence-electron chi connectivity index (χ1n) is 11.9. The van der Waals surface area contributed by atoms with E-state index in [9.17, 15) is 0 Å². The molecule has 0 saturated carbocycles. The molecule has 2 aromatic carbocycles. The third kappa shape index (κ3) is 4.33. The molecule has 9 nitrogen and oxygen atoms in total. The molecule has 1 aliphatic heterocycles. The van der Waals surface area contributed by atoms with Gasteiger partial charge >= 0.3 is 0 Å². The molecular weight excluding hydrogens is 476 g/mol. The van der Waals surface area contributed by atoms with E-state index in [4.69, 9.17) is 26.4 Å². The maximum Gasteiger partial charge on any atom is 0.246 e. The molecule has 0 amide bonds. The molecule has 1 atom stereocenters. The Balaban J connectivity index is 1.26. The average molecular weight is 501 g/mol. The number of imidazole rings is 2. The minimum atomic E-state index is 0.190. The Morgan fingerprint density at radius 2 is 1.94 bits per heavy atom. The molecule has 4 heterocycles. The smallest absolute Gasteiger partial charge is 0.246 e. The van der Waals surface area contributed by atoms with E-state index in [0.717, 1.165) is 48.7 Å². The van der Waals surface area contributed by atoms with E-state index >= 15 is 0 Å². The van der Waals surface area contributed by atoms with Gasteiger partial charge in [0.1, 0.15) is 23.1 Å². The quantitative estimate of drug-likeness (QED) is 0.337. The summed E-state index contributed by atoms with van der Waals surface area (Å²) in [7, 11) is 1.64. The molecule has 6 rings (SSSR count). The number of aromatic nitrogens is 7. The zero-order chi connectivity index (χ0) is 24.5. The van der Waals surface area contributed by atoms with Gasteiger partial charge in [-0.3, -0.25) is 0 Å². The van der Waals surface area contributed by atoms with Crippen molar-refractivity contribution in [3.05, 3.63) is 90.3 Å². The molecule has 0 spiro atoms. The second-order valence-corrected chi connectivity index (χ2v) is 9.13. The van der Waals surface area contributed by atoms with Crippen molar-refractivity contribution >= 4 is 23.2 Å². The summed E-state index contributed by atoms with van der Waals surface area (Å²) in [5, 5.41) is 8.57. The second kappa shape index (κ2) is 9.50. The Kier molecular flexibility index (Phi) is 5.90. The van der Waals surface area contributed by atoms with Gasteiger partial charge in [0.15, 0.2) is 0 Å². The van der Waals surface area contributed by atoms with Crippen molar-refractivity contribution in [2.24, 2.45) is 0 Å². The molecule has 3 aromatic heterocycles. The van der Waals surface area contributed by atoms with Crippen molar-refractivity contribution < 1.29 is 4.74 Å². The van der Waals surface area contributed by atoms with Crippen LogP contribution in [0.15, 0.2) is 73.7 Å². The Bertz CT molecular complexity index is 1470. The molecule has 1 unspecified atom stereocenters. The molecule has 182 valence electrons. The van der Waals surface area contributed by atoms with Crippen LogP contribution in [0.5, 0.6) is 5.75 Å². The monoisotopic (exact) mass is 500 g/mol. The van der Waals surface area contributed by atoms with Crippen molar-refractivity contribution in [3.8, 4) is 17.1 Å². The van der Waals surface area contributed by atoms with Crippen molar-refractivity contribution in [2.75, 3.05) is 12.4 Å². The minimum absolute atomic E-state index is 0.190. The van der Waals surface area contributed by atoms with Crippen LogP contribution in [0.4, 0.5) is 11.6 Å². The highest BCUT2D eigenvalue weighted by Crippen LogP contribution is 2.34. The predicted octanol–water partition coefficient (Wildman–Crippen LogP) is 5.37. The molecule has 1 N–H and O–H groups in total. The van der Waals surface area contributed by atoms with E-state index in [2.05, 4.69) is 39.6 Å². The fourth-order valence-electron chi connectivity index (χ4n) is 4.70. The second-order valence-electron chi connectivity index (χ2n) is 8.74. The number of methoxy groups -OCH3 is 1. The van der Waals surface area contributed by atoms with Gasteiger partial charge in [0.25, 0.3) is 0 Å². The highest BCUT2D eigenvalue weighted by Gasteiger charge is 2.25. The lowest BCUT2D eigenvalue weighted by molar-refractivity contribution is 0.413. The first-order valence-corrected chi connectivity index (χ1v) is 12.2. The van der Waals surface area contributed by atoms with Crippen LogP contribution in [0.1, 0.15) is 36.6 Å². The minimum Gasteiger partial charge on any atom is -0.494 e. The number of benzene rings is 2. The standard InChI is InChI=1S/C26H25ClN8O/c1-36-23-14-19(7-10-22(23)34-15-24(27)29-17-34)30-26-31-25-21(4-2-3-12-35(25)32-26)18-5-8-20(9-6-18)33-13-11-28-16-33/h5-11,13-17,21H,2-4,12H2,1H3,(H,30,32). The van der Waals surface area contributed by atoms with Crippen LogP contribution in [0.3, 0.4) is 0 Å². The van der Waals surface area contributed by atoms with Crippen LogP contribution >= 0.6 is 11.6 Å². The van der Waals surface area contributed by atoms with Crippen molar-refractivity contribution in [2.45, 2.75) is 31.7 Å². The normalized spacial score (nSPS) is 15.3. The average Bonchev–Trinajstić information content (AvgIpc) is 3.64. The zero-order valence-electron chi connectivity index (χ0n) is 19.8. The Hall–Kier alpha value is -4.11. The molecular formula is C26H25ClN8O. The summed E-state index contributed by atoms with van der Waals surface area (Å²) in [5.41, 5.74) is 4.01. The highest BCUT2D eigenvalue weighted by atomic mass is 35.5. The molecule has 0 fully saturated rings. The summed E-state index contributed by atoms with van der Waals surface area (Å²) >= 11 is 5.99. The van der Waals surface area contributed by atoms with E-state index in [1.165, 1.54) is 5.56 Å². The topological polar surface area (TPSA) is 87.6 Å². The number of fused-ring (bicyclic) bond motifs is 1. The Labute approximate surface area is 213 Å². The molecule has 5 aromatic rings. The van der Waals surface area contributed by atoms with Gasteiger partial charge in [-0.05, 0) is 42.7 Å². The number of anilines is 2. The summed E-state index contributed by atoms with van der Waals surface area (Å²) in [6.07, 6.45) is 12.2. The van der Waals surface area contributed by atoms with E-state index in [-0.39, 0.29) is 5.92 Å². The van der Waals surface area contributed by atoms with Gasteiger partial charge in [-0.1, -0.05) is 30.2 Å². The summed E-state index contributed by atoms with van der Waals surface area (Å²) in [6, 6.07) is 14.5. The maximum absolute atomic E-state index is 5.99. The van der Waals surface area contributed by atoms with Crippen molar-refractivity contribution in [1.29, 1.82) is 0 Å². The number of hydrogen-bond acceptors (Lipinski definition) is 6. The molecule has 0 radical (unpaired) electrons. The van der Waals surface area contributed by atoms with Gasteiger partial charge in [-0.25, -0.2) is 14.6 Å². The van der Waals surface area contributed by atoms with Crippen molar-refractivity contribution in [1.82, 2.24) is 33.9 Å². The SMILES string of the molecule is COc1cc(Nc2nc3n(n2)CCCCC3c2ccc(-n3ccnc3)cc2)ccc1-n1cnc(Cl)c1. The lowest BCUT2D eigenvalue weighted by Crippen LogP contribution is -2.08. The van der Waals surface area contributed by atoms with Crippen LogP contribution in [0.2, 0.25) is 5.15 Å². The summed E-state index contributed by atoms with van der Waals surface area (Å²) in [5.74, 6) is 2.44. The maximum atomic E-state index is 5.99. The molecule has 10 heteroatoms. The summed E-state index contributed by atoms with van der Waals surface area (Å²) in [6.45, 7) is 0.858. The van der Waals surface area contributed by atoms with Crippen LogP contribution in [-0.2, 0) is 6.54 Å². The summed E-state index contributed by atoms with van der Waals surface area (Å²) < 4.78 is 11.5. The third-order valence-electron chi connectivity index (χ3n) is 6.49. The molecule has 0 saturated heterocycles. The number of nitrogens with one attached hydrogen (secondary N) is 1. The van der Waals surface area contributed by atoms with E-state index < -0.39 is 0 Å². The molecule has 1 aliphatic rings. The van der Waals surface area contributed by atoms with E-state index in [0.29, 0.717) is 16.9 Å². The van der Waals surface area contributed by atoms with Crippen LogP contribution in [-0.4, -0.2) is 41.0 Å². The van der Waals surface area contributed by atoms with Crippen molar-refractivity contribution in [3.63, 3.8) is 0 Å². The third-order valence-corrected chi connectivity index (χ3v) is 6.68. The van der Waals surface area contributed by atoms with Crippen LogP contribution in [0, 0.1) is 0 Å². The van der Waals surface area contributed by atoms with Gasteiger partial charge in [0.2, 0.25) is 5.95 Å². The van der Waals surface area contributed by atoms with Crippen LogP contribution < -0.4 is 10.1 Å². The first-order chi connectivity index (χ1) is 17.7. The number of rotatable bonds is 6. The lowest BCUT2D eigenvalue weighted by Gasteiger charge is -2.15. The molecule has 0 bridgehead atoms. The lowest BCUT2D eigenvalue weighted by atomic mass is 9.93. The number of halogens is 1. The van der Waals surface area contributed by atoms with Gasteiger partial charge in [0, 0.05) is 48.5 Å².